The molecule has 0 spiro atoms. The van der Waals surface area contributed by atoms with Crippen molar-refractivity contribution in [1.82, 2.24) is 0 Å². The van der Waals surface area contributed by atoms with Crippen molar-refractivity contribution < 1.29 is 14.3 Å². The van der Waals surface area contributed by atoms with Gasteiger partial charge < -0.3 is 9.47 Å². The van der Waals surface area contributed by atoms with Gasteiger partial charge in [0.1, 0.15) is 6.61 Å². The molecule has 0 aliphatic heterocycles. The van der Waals surface area contributed by atoms with E-state index in [4.69, 9.17) is 9.47 Å². The standard InChI is InChI=1S/C9H16O3/c1-2-11-6-7-12-9(10)8-4-3-5-8/h8H,2-7H2,1H3. The van der Waals surface area contributed by atoms with E-state index in [0.29, 0.717) is 19.8 Å². The van der Waals surface area contributed by atoms with Crippen molar-refractivity contribution in [2.24, 2.45) is 5.92 Å². The summed E-state index contributed by atoms with van der Waals surface area (Å²) in [6.07, 6.45) is 3.19. The predicted octanol–water partition coefficient (Wildman–Crippen LogP) is 1.37. The molecule has 0 saturated heterocycles. The van der Waals surface area contributed by atoms with Gasteiger partial charge in [-0.1, -0.05) is 6.42 Å². The molecule has 3 heteroatoms. The largest absolute Gasteiger partial charge is 0.463 e. The molecule has 1 saturated carbocycles. The van der Waals surface area contributed by atoms with Gasteiger partial charge in [0.25, 0.3) is 0 Å². The molecule has 0 N–H and O–H groups in total. The monoisotopic (exact) mass is 172 g/mol. The summed E-state index contributed by atoms with van der Waals surface area (Å²) in [5.74, 6) is 0.146. The van der Waals surface area contributed by atoms with Crippen LogP contribution >= 0.6 is 0 Å². The molecule has 0 amide bonds. The maximum atomic E-state index is 11.1. The summed E-state index contributed by atoms with van der Waals surface area (Å²) in [5.41, 5.74) is 0. The Hall–Kier alpha value is -0.570. The average molecular weight is 172 g/mol. The van der Waals surface area contributed by atoms with E-state index in [-0.39, 0.29) is 11.9 Å². The van der Waals surface area contributed by atoms with Crippen molar-refractivity contribution in [2.45, 2.75) is 26.2 Å². The van der Waals surface area contributed by atoms with Gasteiger partial charge in [-0.05, 0) is 19.8 Å². The van der Waals surface area contributed by atoms with Crippen LogP contribution in [0.25, 0.3) is 0 Å². The van der Waals surface area contributed by atoms with E-state index >= 15 is 0 Å². The maximum absolute atomic E-state index is 11.1. The molecule has 1 aliphatic carbocycles. The minimum atomic E-state index is -0.0408. The minimum Gasteiger partial charge on any atom is -0.463 e. The lowest BCUT2D eigenvalue weighted by molar-refractivity contribution is -0.152. The van der Waals surface area contributed by atoms with Gasteiger partial charge in [-0.2, -0.15) is 0 Å². The summed E-state index contributed by atoms with van der Waals surface area (Å²) in [7, 11) is 0. The highest BCUT2D eigenvalue weighted by Gasteiger charge is 2.26. The molecule has 0 heterocycles. The van der Waals surface area contributed by atoms with Gasteiger partial charge in [-0.25, -0.2) is 0 Å². The Kier molecular flexibility index (Phi) is 4.08. The number of esters is 1. The Balaban J connectivity index is 1.94. The Morgan fingerprint density at radius 2 is 2.17 bits per heavy atom. The van der Waals surface area contributed by atoms with Crippen LogP contribution in [0.5, 0.6) is 0 Å². The molecule has 3 nitrogen and oxygen atoms in total. The van der Waals surface area contributed by atoms with Crippen molar-refractivity contribution in [3.63, 3.8) is 0 Å². The molecule has 0 radical (unpaired) electrons. The smallest absolute Gasteiger partial charge is 0.309 e. The second-order valence-electron chi connectivity index (χ2n) is 2.99. The van der Waals surface area contributed by atoms with Crippen molar-refractivity contribution in [3.05, 3.63) is 0 Å². The zero-order chi connectivity index (χ0) is 8.81. The van der Waals surface area contributed by atoms with Crippen molar-refractivity contribution in [2.75, 3.05) is 19.8 Å². The van der Waals surface area contributed by atoms with Gasteiger partial charge in [0, 0.05) is 6.61 Å². The summed E-state index contributed by atoms with van der Waals surface area (Å²) in [4.78, 5) is 11.1. The van der Waals surface area contributed by atoms with Gasteiger partial charge in [-0.15, -0.1) is 0 Å². The van der Waals surface area contributed by atoms with E-state index in [1.54, 1.807) is 0 Å². The van der Waals surface area contributed by atoms with Crippen LogP contribution in [0.3, 0.4) is 0 Å². The van der Waals surface area contributed by atoms with E-state index in [1.807, 2.05) is 6.92 Å². The van der Waals surface area contributed by atoms with Crippen LogP contribution in [0.2, 0.25) is 0 Å². The number of carbonyl (C=O) groups is 1. The predicted molar refractivity (Wildman–Crippen MR) is 44.8 cm³/mol. The summed E-state index contributed by atoms with van der Waals surface area (Å²) in [5, 5.41) is 0. The fourth-order valence-electron chi connectivity index (χ4n) is 1.11. The highest BCUT2D eigenvalue weighted by Crippen LogP contribution is 2.27. The van der Waals surface area contributed by atoms with Crippen LogP contribution in [-0.4, -0.2) is 25.8 Å². The van der Waals surface area contributed by atoms with Gasteiger partial charge in [0.15, 0.2) is 0 Å². The first-order valence-corrected chi connectivity index (χ1v) is 4.59. The molecule has 1 rings (SSSR count). The van der Waals surface area contributed by atoms with Crippen LogP contribution in [0, 0.1) is 5.92 Å². The molecule has 1 fully saturated rings. The third kappa shape index (κ3) is 2.81. The fraction of sp³-hybridized carbons (Fsp3) is 0.889. The Labute approximate surface area is 73.0 Å². The third-order valence-electron chi connectivity index (χ3n) is 2.11. The molecule has 0 aromatic heterocycles. The molecule has 0 aromatic carbocycles. The van der Waals surface area contributed by atoms with E-state index < -0.39 is 0 Å². The van der Waals surface area contributed by atoms with Gasteiger partial charge in [0.2, 0.25) is 0 Å². The summed E-state index contributed by atoms with van der Waals surface area (Å²) >= 11 is 0. The summed E-state index contributed by atoms with van der Waals surface area (Å²) in [6, 6.07) is 0. The van der Waals surface area contributed by atoms with Crippen LogP contribution in [-0.2, 0) is 14.3 Å². The zero-order valence-electron chi connectivity index (χ0n) is 7.54. The third-order valence-corrected chi connectivity index (χ3v) is 2.11. The van der Waals surface area contributed by atoms with Crippen LogP contribution < -0.4 is 0 Å². The summed E-state index contributed by atoms with van der Waals surface area (Å²) < 4.78 is 10.0. The van der Waals surface area contributed by atoms with E-state index in [9.17, 15) is 4.79 Å². The number of carbonyl (C=O) groups excluding carboxylic acids is 1. The Morgan fingerprint density at radius 3 is 2.67 bits per heavy atom. The molecular weight excluding hydrogens is 156 g/mol. The van der Waals surface area contributed by atoms with Gasteiger partial charge in [0.05, 0.1) is 12.5 Å². The lowest BCUT2D eigenvalue weighted by atomic mass is 9.86. The lowest BCUT2D eigenvalue weighted by Gasteiger charge is -2.22. The van der Waals surface area contributed by atoms with Crippen LogP contribution in [0.1, 0.15) is 26.2 Å². The maximum Gasteiger partial charge on any atom is 0.309 e. The summed E-state index contributed by atoms with van der Waals surface area (Å²) in [6.45, 7) is 3.53. The molecule has 12 heavy (non-hydrogen) atoms. The molecule has 0 atom stereocenters. The second kappa shape index (κ2) is 5.14. The highest BCUT2D eigenvalue weighted by atomic mass is 16.6. The second-order valence-corrected chi connectivity index (χ2v) is 2.99. The van der Waals surface area contributed by atoms with E-state index in [2.05, 4.69) is 0 Å². The van der Waals surface area contributed by atoms with Crippen LogP contribution in [0.4, 0.5) is 0 Å². The molecule has 1 aliphatic rings. The topological polar surface area (TPSA) is 35.5 Å². The molecule has 0 bridgehead atoms. The Bertz CT molecular complexity index is 141. The number of hydrogen-bond donors (Lipinski definition) is 0. The quantitative estimate of drug-likeness (QED) is 0.464. The first-order chi connectivity index (χ1) is 5.84. The normalized spacial score (nSPS) is 17.1. The highest BCUT2D eigenvalue weighted by molar-refractivity contribution is 5.73. The molecular formula is C9H16O3. The van der Waals surface area contributed by atoms with Gasteiger partial charge >= 0.3 is 5.97 Å². The van der Waals surface area contributed by atoms with Crippen LogP contribution in [0.15, 0.2) is 0 Å². The average Bonchev–Trinajstić information content (AvgIpc) is 1.95. The first kappa shape index (κ1) is 9.52. The minimum absolute atomic E-state index is 0.0408. The number of rotatable bonds is 5. The van der Waals surface area contributed by atoms with Crippen molar-refractivity contribution in [1.29, 1.82) is 0 Å². The first-order valence-electron chi connectivity index (χ1n) is 4.59. The van der Waals surface area contributed by atoms with E-state index in [1.165, 1.54) is 6.42 Å². The zero-order valence-corrected chi connectivity index (χ0v) is 7.54. The van der Waals surface area contributed by atoms with Gasteiger partial charge in [-0.3, -0.25) is 4.79 Å². The fourth-order valence-corrected chi connectivity index (χ4v) is 1.11. The molecule has 0 unspecified atom stereocenters. The Morgan fingerprint density at radius 1 is 1.42 bits per heavy atom. The number of hydrogen-bond acceptors (Lipinski definition) is 3. The van der Waals surface area contributed by atoms with Crippen molar-refractivity contribution in [3.8, 4) is 0 Å². The van der Waals surface area contributed by atoms with Crippen molar-refractivity contribution >= 4 is 5.97 Å². The molecule has 0 aromatic rings. The number of ether oxygens (including phenoxy) is 2. The molecule has 70 valence electrons. The SMILES string of the molecule is CCOCCOC(=O)C1CCC1. The van der Waals surface area contributed by atoms with E-state index in [0.717, 1.165) is 12.8 Å². The lowest BCUT2D eigenvalue weighted by Crippen LogP contribution is -2.25.